The SMILES string of the molecule is O=C(O)CCc1ccc(NC(=O)C2CNC(=O)CN2)cc1. The average molecular weight is 291 g/mol. The van der Waals surface area contributed by atoms with Crippen LogP contribution in [-0.4, -0.2) is 42.0 Å². The summed E-state index contributed by atoms with van der Waals surface area (Å²) in [6.45, 7) is 0.396. The van der Waals surface area contributed by atoms with Crippen LogP contribution in [0.25, 0.3) is 0 Å². The van der Waals surface area contributed by atoms with Gasteiger partial charge in [0.15, 0.2) is 0 Å². The van der Waals surface area contributed by atoms with Crippen LogP contribution >= 0.6 is 0 Å². The number of hydrogen-bond acceptors (Lipinski definition) is 4. The van der Waals surface area contributed by atoms with E-state index < -0.39 is 12.0 Å². The summed E-state index contributed by atoms with van der Waals surface area (Å²) in [6, 6.07) is 6.59. The topological polar surface area (TPSA) is 108 Å². The standard InChI is InChI=1S/C14H17N3O4/c18-12-8-15-11(7-16-12)14(21)17-10-4-1-9(2-5-10)3-6-13(19)20/h1-2,4-5,11,15H,3,6-8H2,(H,16,18)(H,17,21)(H,19,20). The molecule has 1 saturated heterocycles. The maximum absolute atomic E-state index is 12.0. The number of aryl methyl sites for hydroxylation is 1. The van der Waals surface area contributed by atoms with E-state index in [1.807, 2.05) is 0 Å². The number of carbonyl (C=O) groups excluding carboxylic acids is 2. The number of benzene rings is 1. The highest BCUT2D eigenvalue weighted by Crippen LogP contribution is 2.11. The smallest absolute Gasteiger partial charge is 0.303 e. The number of carboxylic acids is 1. The monoisotopic (exact) mass is 291 g/mol. The Balaban J connectivity index is 1.86. The van der Waals surface area contributed by atoms with Crippen LogP contribution < -0.4 is 16.0 Å². The van der Waals surface area contributed by atoms with Crippen LogP contribution in [0.2, 0.25) is 0 Å². The maximum atomic E-state index is 12.0. The van der Waals surface area contributed by atoms with E-state index in [9.17, 15) is 14.4 Å². The summed E-state index contributed by atoms with van der Waals surface area (Å²) >= 11 is 0. The molecule has 2 rings (SSSR count). The van der Waals surface area contributed by atoms with Crippen molar-refractivity contribution in [3.63, 3.8) is 0 Å². The van der Waals surface area contributed by atoms with Crippen molar-refractivity contribution in [2.24, 2.45) is 0 Å². The zero-order chi connectivity index (χ0) is 15.2. The van der Waals surface area contributed by atoms with Gasteiger partial charge in [-0.1, -0.05) is 12.1 Å². The van der Waals surface area contributed by atoms with Crippen molar-refractivity contribution in [2.45, 2.75) is 18.9 Å². The van der Waals surface area contributed by atoms with E-state index in [0.29, 0.717) is 12.1 Å². The van der Waals surface area contributed by atoms with Gasteiger partial charge in [0.25, 0.3) is 0 Å². The number of piperazine rings is 1. The molecule has 112 valence electrons. The van der Waals surface area contributed by atoms with Crippen LogP contribution in [0.15, 0.2) is 24.3 Å². The Kier molecular flexibility index (Phi) is 4.89. The van der Waals surface area contributed by atoms with Crippen molar-refractivity contribution in [1.29, 1.82) is 0 Å². The molecule has 0 bridgehead atoms. The lowest BCUT2D eigenvalue weighted by atomic mass is 10.1. The lowest BCUT2D eigenvalue weighted by Gasteiger charge is -2.23. The fourth-order valence-electron chi connectivity index (χ4n) is 1.99. The molecular formula is C14H17N3O4. The number of nitrogens with one attached hydrogen (secondary N) is 3. The Bertz CT molecular complexity index is 532. The summed E-state index contributed by atoms with van der Waals surface area (Å²) in [6.07, 6.45) is 0.539. The minimum Gasteiger partial charge on any atom is -0.481 e. The van der Waals surface area contributed by atoms with Crippen molar-refractivity contribution in [1.82, 2.24) is 10.6 Å². The highest BCUT2D eigenvalue weighted by Gasteiger charge is 2.23. The largest absolute Gasteiger partial charge is 0.481 e. The molecule has 1 atom stereocenters. The van der Waals surface area contributed by atoms with Gasteiger partial charge in [0, 0.05) is 18.7 Å². The normalized spacial score (nSPS) is 17.9. The van der Waals surface area contributed by atoms with Crippen LogP contribution in [0.3, 0.4) is 0 Å². The van der Waals surface area contributed by atoms with E-state index in [2.05, 4.69) is 16.0 Å². The zero-order valence-corrected chi connectivity index (χ0v) is 11.4. The number of amides is 2. The molecule has 4 N–H and O–H groups in total. The molecule has 0 aliphatic carbocycles. The molecule has 1 aliphatic heterocycles. The third kappa shape index (κ3) is 4.57. The van der Waals surface area contributed by atoms with Gasteiger partial charge in [-0.05, 0) is 24.1 Å². The molecule has 1 aliphatic rings. The molecule has 1 aromatic rings. The average Bonchev–Trinajstić information content (AvgIpc) is 2.47. The minimum atomic E-state index is -0.835. The molecule has 1 unspecified atom stereocenters. The molecule has 0 spiro atoms. The van der Waals surface area contributed by atoms with Crippen LogP contribution in [0.1, 0.15) is 12.0 Å². The number of hydrogen-bond donors (Lipinski definition) is 4. The number of carbonyl (C=O) groups is 3. The molecule has 0 radical (unpaired) electrons. The molecule has 1 aromatic carbocycles. The molecule has 7 heteroatoms. The summed E-state index contributed by atoms with van der Waals surface area (Å²) in [7, 11) is 0. The van der Waals surface area contributed by atoms with Crippen molar-refractivity contribution in [2.75, 3.05) is 18.4 Å². The molecule has 0 saturated carbocycles. The van der Waals surface area contributed by atoms with Crippen LogP contribution in [0.5, 0.6) is 0 Å². The number of aliphatic carboxylic acids is 1. The Labute approximate surface area is 121 Å². The van der Waals surface area contributed by atoms with Crippen molar-refractivity contribution in [3.05, 3.63) is 29.8 Å². The first kappa shape index (κ1) is 15.0. The Hall–Kier alpha value is -2.41. The predicted molar refractivity (Wildman–Crippen MR) is 75.8 cm³/mol. The van der Waals surface area contributed by atoms with E-state index in [-0.39, 0.29) is 31.3 Å². The first-order valence-corrected chi connectivity index (χ1v) is 6.66. The van der Waals surface area contributed by atoms with Gasteiger partial charge in [-0.15, -0.1) is 0 Å². The van der Waals surface area contributed by atoms with E-state index in [4.69, 9.17) is 5.11 Å². The van der Waals surface area contributed by atoms with Gasteiger partial charge in [-0.2, -0.15) is 0 Å². The quantitative estimate of drug-likeness (QED) is 0.597. The first-order valence-electron chi connectivity index (χ1n) is 6.66. The van der Waals surface area contributed by atoms with E-state index >= 15 is 0 Å². The molecule has 1 fully saturated rings. The van der Waals surface area contributed by atoms with Gasteiger partial charge in [0.2, 0.25) is 11.8 Å². The second kappa shape index (κ2) is 6.85. The fourth-order valence-corrected chi connectivity index (χ4v) is 1.99. The van der Waals surface area contributed by atoms with Gasteiger partial charge in [-0.3, -0.25) is 19.7 Å². The summed E-state index contributed by atoms with van der Waals surface area (Å²) in [5.74, 6) is -1.17. The van der Waals surface area contributed by atoms with Crippen LogP contribution in [0, 0.1) is 0 Å². The van der Waals surface area contributed by atoms with Crippen LogP contribution in [0.4, 0.5) is 5.69 Å². The van der Waals surface area contributed by atoms with E-state index in [1.165, 1.54) is 0 Å². The lowest BCUT2D eigenvalue weighted by molar-refractivity contribution is -0.137. The van der Waals surface area contributed by atoms with Gasteiger partial charge in [-0.25, -0.2) is 0 Å². The van der Waals surface area contributed by atoms with Crippen molar-refractivity contribution < 1.29 is 19.5 Å². The van der Waals surface area contributed by atoms with Gasteiger partial charge < -0.3 is 15.7 Å². The number of carboxylic acid groups (broad SMARTS) is 1. The number of rotatable bonds is 5. The highest BCUT2D eigenvalue weighted by atomic mass is 16.4. The molecule has 7 nitrogen and oxygen atoms in total. The molecule has 0 aromatic heterocycles. The zero-order valence-electron chi connectivity index (χ0n) is 11.4. The molecule has 1 heterocycles. The molecule has 2 amide bonds. The van der Waals surface area contributed by atoms with Crippen molar-refractivity contribution in [3.8, 4) is 0 Å². The predicted octanol–water partition coefficient (Wildman–Crippen LogP) is -0.270. The van der Waals surface area contributed by atoms with Gasteiger partial charge >= 0.3 is 5.97 Å². The number of anilines is 1. The molecular weight excluding hydrogens is 274 g/mol. The van der Waals surface area contributed by atoms with Crippen LogP contribution in [-0.2, 0) is 20.8 Å². The maximum Gasteiger partial charge on any atom is 0.303 e. The van der Waals surface area contributed by atoms with E-state index in [1.54, 1.807) is 24.3 Å². The summed E-state index contributed by atoms with van der Waals surface area (Å²) in [5, 5.41) is 16.8. The second-order valence-corrected chi connectivity index (χ2v) is 4.82. The third-order valence-corrected chi connectivity index (χ3v) is 3.18. The summed E-state index contributed by atoms with van der Waals surface area (Å²) in [5.41, 5.74) is 1.54. The molecule has 21 heavy (non-hydrogen) atoms. The fraction of sp³-hybridized carbons (Fsp3) is 0.357. The van der Waals surface area contributed by atoms with Crippen molar-refractivity contribution >= 4 is 23.5 Å². The Morgan fingerprint density at radius 1 is 1.29 bits per heavy atom. The minimum absolute atomic E-state index is 0.0808. The Morgan fingerprint density at radius 2 is 2.00 bits per heavy atom. The second-order valence-electron chi connectivity index (χ2n) is 4.82. The summed E-state index contributed by atoms with van der Waals surface area (Å²) in [4.78, 5) is 33.5. The lowest BCUT2D eigenvalue weighted by Crippen LogP contribution is -2.56. The van der Waals surface area contributed by atoms with Gasteiger partial charge in [0.05, 0.1) is 6.54 Å². The first-order chi connectivity index (χ1) is 10.0. The third-order valence-electron chi connectivity index (χ3n) is 3.18. The highest BCUT2D eigenvalue weighted by molar-refractivity contribution is 5.96. The van der Waals surface area contributed by atoms with E-state index in [0.717, 1.165) is 5.56 Å². The Morgan fingerprint density at radius 3 is 2.57 bits per heavy atom. The summed E-state index contributed by atoms with van der Waals surface area (Å²) < 4.78 is 0. The van der Waals surface area contributed by atoms with Gasteiger partial charge in [0.1, 0.15) is 6.04 Å².